The van der Waals surface area contributed by atoms with Crippen molar-refractivity contribution in [2.45, 2.75) is 35.6 Å². The molecule has 0 radical (unpaired) electrons. The lowest BCUT2D eigenvalue weighted by atomic mass is 10.0. The van der Waals surface area contributed by atoms with E-state index in [1.165, 1.54) is 28.6 Å². The number of rotatable bonds is 11. The molecule has 18 heteroatoms. The summed E-state index contributed by atoms with van der Waals surface area (Å²) in [6, 6.07) is 3.35. The molecule has 39 heavy (non-hydrogen) atoms. The molecule has 5 amide bonds. The molecule has 2 aromatic rings. The van der Waals surface area contributed by atoms with Crippen molar-refractivity contribution >= 4 is 58.9 Å². The van der Waals surface area contributed by atoms with Gasteiger partial charge in [-0.2, -0.15) is 0 Å². The molecule has 3 atom stereocenters. The molecule has 16 nitrogen and oxygen atoms in total. The number of nitrogens with two attached hydrogens (primary N) is 3. The maximum absolute atomic E-state index is 13.0. The SMILES string of the molecule is NC(=O)CCn1nnnc1SCC1=C(C(=O)O)N2C(=O)C(NC(=O)C(N)c3ccc(NC(N)=O)cc3)[C@H]2SC1. The number of hydrogen-bond donors (Lipinski definition) is 6. The summed E-state index contributed by atoms with van der Waals surface area (Å²) in [5.74, 6) is -2.50. The van der Waals surface area contributed by atoms with E-state index in [0.717, 1.165) is 16.7 Å². The van der Waals surface area contributed by atoms with Crippen molar-refractivity contribution < 1.29 is 29.1 Å². The summed E-state index contributed by atoms with van der Waals surface area (Å²) in [5.41, 5.74) is 17.5. The van der Waals surface area contributed by atoms with E-state index in [9.17, 15) is 29.1 Å². The standard InChI is InChI=1S/C21H24N10O6S2/c22-12(32)5-6-30-21(27-28-29-30)39-8-10-7-38-18-14(17(34)31(18)15(10)19(35)36)26-16(33)13(23)9-1-3-11(4-2-9)25-20(24)37/h1-4,13-14,18H,5-8,23H2,(H2,22,32)(H,26,33)(H,35,36)(H3,24,25,37)/t13?,14?,18-/m1/s1. The van der Waals surface area contributed by atoms with E-state index >= 15 is 0 Å². The number of benzene rings is 1. The minimum absolute atomic E-state index is 0.0378. The van der Waals surface area contributed by atoms with E-state index < -0.39 is 47.2 Å². The van der Waals surface area contributed by atoms with Gasteiger partial charge in [-0.15, -0.1) is 16.9 Å². The summed E-state index contributed by atoms with van der Waals surface area (Å²) >= 11 is 2.47. The van der Waals surface area contributed by atoms with E-state index in [4.69, 9.17) is 17.2 Å². The van der Waals surface area contributed by atoms with Gasteiger partial charge in [0, 0.05) is 23.6 Å². The molecule has 206 valence electrons. The van der Waals surface area contributed by atoms with Crippen molar-refractivity contribution in [3.8, 4) is 0 Å². The highest BCUT2D eigenvalue weighted by Gasteiger charge is 2.54. The molecule has 0 bridgehead atoms. The molecule has 2 aliphatic rings. The largest absolute Gasteiger partial charge is 0.477 e. The third-order valence-corrected chi connectivity index (χ3v) is 8.19. The molecule has 0 saturated carbocycles. The predicted octanol–water partition coefficient (Wildman–Crippen LogP) is -1.43. The van der Waals surface area contributed by atoms with E-state index in [1.807, 2.05) is 0 Å². The van der Waals surface area contributed by atoms with Crippen LogP contribution in [0.15, 0.2) is 40.7 Å². The summed E-state index contributed by atoms with van der Waals surface area (Å²) in [4.78, 5) is 61.0. The maximum atomic E-state index is 13.0. The van der Waals surface area contributed by atoms with Crippen molar-refractivity contribution in [2.24, 2.45) is 17.2 Å². The Kier molecular flexibility index (Phi) is 8.36. The Morgan fingerprint density at radius 2 is 1.92 bits per heavy atom. The van der Waals surface area contributed by atoms with Gasteiger partial charge in [-0.25, -0.2) is 14.3 Å². The number of anilines is 1. The number of tetrazole rings is 1. The first-order chi connectivity index (χ1) is 18.6. The van der Waals surface area contributed by atoms with E-state index in [-0.39, 0.29) is 24.4 Å². The van der Waals surface area contributed by atoms with Crippen LogP contribution in [0.1, 0.15) is 18.0 Å². The summed E-state index contributed by atoms with van der Waals surface area (Å²) in [5, 5.41) is 25.9. The number of urea groups is 1. The molecule has 9 N–H and O–H groups in total. The zero-order valence-corrected chi connectivity index (χ0v) is 21.8. The first-order valence-corrected chi connectivity index (χ1v) is 13.4. The van der Waals surface area contributed by atoms with Gasteiger partial charge < -0.3 is 32.9 Å². The Hall–Kier alpha value is -4.16. The molecule has 1 aromatic carbocycles. The highest BCUT2D eigenvalue weighted by Crippen LogP contribution is 2.41. The topological polar surface area (TPSA) is 255 Å². The predicted molar refractivity (Wildman–Crippen MR) is 139 cm³/mol. The van der Waals surface area contributed by atoms with Gasteiger partial charge in [0.05, 0.1) is 6.54 Å². The number of carbonyl (C=O) groups excluding carboxylic acids is 4. The van der Waals surface area contributed by atoms with Crippen LogP contribution in [0, 0.1) is 0 Å². The van der Waals surface area contributed by atoms with Crippen LogP contribution in [0.2, 0.25) is 0 Å². The molecule has 0 aliphatic carbocycles. The Morgan fingerprint density at radius 3 is 2.56 bits per heavy atom. The van der Waals surface area contributed by atoms with Crippen LogP contribution in [-0.2, 0) is 25.7 Å². The van der Waals surface area contributed by atoms with Crippen LogP contribution in [-0.4, -0.2) is 82.9 Å². The number of nitrogens with one attached hydrogen (secondary N) is 2. The lowest BCUT2D eigenvalue weighted by molar-refractivity contribution is -0.150. The second-order valence-electron chi connectivity index (χ2n) is 8.43. The van der Waals surface area contributed by atoms with Crippen LogP contribution in [0.4, 0.5) is 10.5 Å². The number of amides is 5. The molecular formula is C21H24N10O6S2. The molecule has 2 aliphatic heterocycles. The number of fused-ring (bicyclic) bond motifs is 1. The van der Waals surface area contributed by atoms with Crippen LogP contribution in [0.5, 0.6) is 0 Å². The number of hydrogen-bond acceptors (Lipinski definition) is 11. The van der Waals surface area contributed by atoms with Crippen LogP contribution in [0.3, 0.4) is 0 Å². The number of primary amides is 2. The molecule has 1 saturated heterocycles. The van der Waals surface area contributed by atoms with Gasteiger partial charge in [-0.1, -0.05) is 23.9 Å². The summed E-state index contributed by atoms with van der Waals surface area (Å²) in [6.07, 6.45) is 0.0378. The Morgan fingerprint density at radius 1 is 1.21 bits per heavy atom. The zero-order valence-electron chi connectivity index (χ0n) is 20.1. The van der Waals surface area contributed by atoms with Gasteiger partial charge in [-0.3, -0.25) is 19.3 Å². The first-order valence-electron chi connectivity index (χ1n) is 11.4. The number of nitrogens with zero attached hydrogens (tertiary/aromatic N) is 5. The number of β-lactam (4-membered cyclic amide) rings is 1. The van der Waals surface area contributed by atoms with Gasteiger partial charge in [0.25, 0.3) is 5.91 Å². The lowest BCUT2D eigenvalue weighted by Crippen LogP contribution is -2.71. The minimum Gasteiger partial charge on any atom is -0.477 e. The Labute approximate surface area is 229 Å². The summed E-state index contributed by atoms with van der Waals surface area (Å²) < 4.78 is 1.39. The molecular weight excluding hydrogens is 552 g/mol. The fourth-order valence-corrected chi connectivity index (χ4v) is 6.30. The molecule has 1 aromatic heterocycles. The molecule has 1 fully saturated rings. The number of aliphatic carboxylic acids is 1. The average molecular weight is 577 g/mol. The maximum Gasteiger partial charge on any atom is 0.352 e. The monoisotopic (exact) mass is 576 g/mol. The lowest BCUT2D eigenvalue weighted by Gasteiger charge is -2.49. The van der Waals surface area contributed by atoms with Crippen molar-refractivity contribution in [3.63, 3.8) is 0 Å². The second-order valence-corrected chi connectivity index (χ2v) is 10.5. The Bertz CT molecular complexity index is 1350. The fourth-order valence-electron chi connectivity index (χ4n) is 3.91. The minimum atomic E-state index is -1.27. The average Bonchev–Trinajstić information content (AvgIpc) is 3.35. The van der Waals surface area contributed by atoms with Crippen LogP contribution >= 0.6 is 23.5 Å². The van der Waals surface area contributed by atoms with Crippen molar-refractivity contribution in [3.05, 3.63) is 41.1 Å². The zero-order chi connectivity index (χ0) is 28.3. The van der Waals surface area contributed by atoms with Crippen LogP contribution < -0.4 is 27.8 Å². The fraction of sp³-hybridized carbons (Fsp3) is 0.333. The number of carboxylic acid groups (broad SMARTS) is 1. The quantitative estimate of drug-likeness (QED) is 0.133. The molecule has 3 heterocycles. The third-order valence-electron chi connectivity index (χ3n) is 5.81. The highest BCUT2D eigenvalue weighted by atomic mass is 32.2. The number of aromatic nitrogens is 4. The summed E-state index contributed by atoms with van der Waals surface area (Å²) in [7, 11) is 0. The van der Waals surface area contributed by atoms with E-state index in [2.05, 4.69) is 26.2 Å². The van der Waals surface area contributed by atoms with Crippen molar-refractivity contribution in [1.29, 1.82) is 0 Å². The van der Waals surface area contributed by atoms with Crippen LogP contribution in [0.25, 0.3) is 0 Å². The second kappa shape index (κ2) is 11.7. The highest BCUT2D eigenvalue weighted by molar-refractivity contribution is 8.01. The van der Waals surface area contributed by atoms with E-state index in [0.29, 0.717) is 27.7 Å². The van der Waals surface area contributed by atoms with E-state index in [1.54, 1.807) is 12.1 Å². The smallest absolute Gasteiger partial charge is 0.352 e. The number of carboxylic acids is 1. The molecule has 0 spiro atoms. The van der Waals surface area contributed by atoms with Gasteiger partial charge in [0.2, 0.25) is 17.0 Å². The van der Waals surface area contributed by atoms with Crippen molar-refractivity contribution in [1.82, 2.24) is 30.4 Å². The first kappa shape index (κ1) is 27.9. The van der Waals surface area contributed by atoms with Gasteiger partial charge >= 0.3 is 12.0 Å². The van der Waals surface area contributed by atoms with Gasteiger partial charge in [-0.05, 0) is 33.7 Å². The number of thioether (sulfide) groups is 2. The van der Waals surface area contributed by atoms with Crippen molar-refractivity contribution in [2.75, 3.05) is 16.8 Å². The summed E-state index contributed by atoms with van der Waals surface area (Å²) in [6.45, 7) is 0.175. The van der Waals surface area contributed by atoms with Gasteiger partial charge in [0.15, 0.2) is 0 Å². The normalized spacial score (nSPS) is 19.1. The molecule has 4 rings (SSSR count). The number of carbonyl (C=O) groups is 5. The molecule has 2 unspecified atom stereocenters. The third kappa shape index (κ3) is 6.13. The number of aryl methyl sites for hydroxylation is 1. The Balaban J connectivity index is 1.40. The van der Waals surface area contributed by atoms with Gasteiger partial charge in [0.1, 0.15) is 23.2 Å².